The first kappa shape index (κ1) is 17.0. The minimum Gasteiger partial charge on any atom is -0.355 e. The molecule has 1 aromatic rings. The van der Waals surface area contributed by atoms with Crippen molar-refractivity contribution in [3.8, 4) is 0 Å². The Hall–Kier alpha value is -1.84. The van der Waals surface area contributed by atoms with Crippen LogP contribution in [0, 0.1) is 11.3 Å². The van der Waals surface area contributed by atoms with Crippen LogP contribution in [-0.2, 0) is 9.59 Å². The lowest BCUT2D eigenvalue weighted by atomic mass is 9.62. The monoisotopic (exact) mass is 328 g/mol. The maximum atomic E-state index is 12.3. The number of nitrogens with zero attached hydrogens (tertiary/aromatic N) is 1. The molecule has 1 atom stereocenters. The number of carbonyl (C=O) groups excluding carboxylic acids is 2. The summed E-state index contributed by atoms with van der Waals surface area (Å²) >= 11 is 0. The Balaban J connectivity index is 1.75. The van der Waals surface area contributed by atoms with Crippen molar-refractivity contribution in [2.45, 2.75) is 45.4 Å². The molecule has 2 fully saturated rings. The first-order valence-electron chi connectivity index (χ1n) is 9.09. The summed E-state index contributed by atoms with van der Waals surface area (Å²) in [5.74, 6) is 1.16. The first-order valence-corrected chi connectivity index (χ1v) is 9.09. The molecule has 1 aromatic carbocycles. The third-order valence-electron chi connectivity index (χ3n) is 5.65. The Morgan fingerprint density at radius 2 is 1.92 bits per heavy atom. The highest BCUT2D eigenvalue weighted by Crippen LogP contribution is 2.48. The molecule has 2 heterocycles. The zero-order chi connectivity index (χ0) is 17.2. The minimum atomic E-state index is -0.00169. The summed E-state index contributed by atoms with van der Waals surface area (Å²) in [6.45, 7) is 6.44. The van der Waals surface area contributed by atoms with Crippen LogP contribution in [-0.4, -0.2) is 36.3 Å². The Labute approximate surface area is 144 Å². The highest BCUT2D eigenvalue weighted by Gasteiger charge is 2.46. The number of amides is 2. The molecule has 3 rings (SSSR count). The number of carbonyl (C=O) groups is 2. The minimum absolute atomic E-state index is 0.00169. The smallest absolute Gasteiger partial charge is 0.222 e. The topological polar surface area (TPSA) is 49.4 Å². The van der Waals surface area contributed by atoms with Gasteiger partial charge in [-0.05, 0) is 29.7 Å². The quantitative estimate of drug-likeness (QED) is 0.927. The van der Waals surface area contributed by atoms with Gasteiger partial charge in [-0.1, -0.05) is 44.2 Å². The molecule has 0 aromatic heterocycles. The van der Waals surface area contributed by atoms with Crippen LogP contribution in [0.4, 0.5) is 0 Å². The molecule has 0 saturated carbocycles. The van der Waals surface area contributed by atoms with Gasteiger partial charge in [-0.15, -0.1) is 0 Å². The third kappa shape index (κ3) is 3.47. The van der Waals surface area contributed by atoms with Gasteiger partial charge < -0.3 is 10.2 Å². The average molecular weight is 328 g/mol. The van der Waals surface area contributed by atoms with Crippen LogP contribution in [0.2, 0.25) is 0 Å². The molecule has 4 nitrogen and oxygen atoms in total. The van der Waals surface area contributed by atoms with E-state index in [4.69, 9.17) is 0 Å². The average Bonchev–Trinajstić information content (AvgIpc) is 2.55. The van der Waals surface area contributed by atoms with Gasteiger partial charge in [-0.25, -0.2) is 0 Å². The molecule has 2 saturated heterocycles. The van der Waals surface area contributed by atoms with Crippen LogP contribution < -0.4 is 5.32 Å². The van der Waals surface area contributed by atoms with E-state index < -0.39 is 0 Å². The van der Waals surface area contributed by atoms with Crippen LogP contribution >= 0.6 is 0 Å². The van der Waals surface area contributed by atoms with E-state index in [-0.39, 0.29) is 17.2 Å². The van der Waals surface area contributed by atoms with Crippen LogP contribution in [0.1, 0.15) is 51.0 Å². The molecular weight excluding hydrogens is 300 g/mol. The summed E-state index contributed by atoms with van der Waals surface area (Å²) in [4.78, 5) is 26.4. The molecule has 4 heteroatoms. The fourth-order valence-corrected chi connectivity index (χ4v) is 4.30. The van der Waals surface area contributed by atoms with E-state index in [1.165, 1.54) is 5.56 Å². The SMILES string of the molecule is CC(C)CC(=O)N1CCC2(CC1)CC(=O)NCC2c1ccccc1. The highest BCUT2D eigenvalue weighted by molar-refractivity contribution is 5.79. The lowest BCUT2D eigenvalue weighted by Gasteiger charge is -2.49. The number of piperidine rings is 2. The number of rotatable bonds is 3. The van der Waals surface area contributed by atoms with E-state index in [9.17, 15) is 9.59 Å². The molecular formula is C20H28N2O2. The van der Waals surface area contributed by atoms with E-state index in [1.807, 2.05) is 11.0 Å². The molecule has 1 spiro atoms. The predicted octanol–water partition coefficient (Wildman–Crippen LogP) is 2.95. The predicted molar refractivity (Wildman–Crippen MR) is 94.5 cm³/mol. The van der Waals surface area contributed by atoms with Gasteiger partial charge in [0, 0.05) is 38.4 Å². The molecule has 0 bridgehead atoms. The van der Waals surface area contributed by atoms with Gasteiger partial charge in [0.15, 0.2) is 0 Å². The third-order valence-corrected chi connectivity index (χ3v) is 5.65. The van der Waals surface area contributed by atoms with Gasteiger partial charge in [0.25, 0.3) is 0 Å². The van der Waals surface area contributed by atoms with Crippen LogP contribution in [0.25, 0.3) is 0 Å². The van der Waals surface area contributed by atoms with Crippen molar-refractivity contribution in [2.75, 3.05) is 19.6 Å². The Morgan fingerprint density at radius 1 is 1.25 bits per heavy atom. The van der Waals surface area contributed by atoms with Crippen molar-refractivity contribution in [2.24, 2.45) is 11.3 Å². The lowest BCUT2D eigenvalue weighted by molar-refractivity contribution is -0.136. The van der Waals surface area contributed by atoms with Crippen molar-refractivity contribution in [3.05, 3.63) is 35.9 Å². The van der Waals surface area contributed by atoms with Crippen LogP contribution in [0.15, 0.2) is 30.3 Å². The number of hydrogen-bond donors (Lipinski definition) is 1. The van der Waals surface area contributed by atoms with Crippen LogP contribution in [0.3, 0.4) is 0 Å². The molecule has 2 aliphatic heterocycles. The fourth-order valence-electron chi connectivity index (χ4n) is 4.30. The second-order valence-electron chi connectivity index (χ2n) is 7.79. The van der Waals surface area contributed by atoms with Gasteiger partial charge >= 0.3 is 0 Å². The summed E-state index contributed by atoms with van der Waals surface area (Å²) < 4.78 is 0. The Kier molecular flexibility index (Phi) is 4.93. The molecule has 0 radical (unpaired) electrons. The van der Waals surface area contributed by atoms with Crippen molar-refractivity contribution in [1.82, 2.24) is 10.2 Å². The maximum absolute atomic E-state index is 12.3. The zero-order valence-electron chi connectivity index (χ0n) is 14.8. The number of benzene rings is 1. The second-order valence-corrected chi connectivity index (χ2v) is 7.79. The summed E-state index contributed by atoms with van der Waals surface area (Å²) in [5.41, 5.74) is 1.30. The van der Waals surface area contributed by atoms with Gasteiger partial charge in [-0.2, -0.15) is 0 Å². The molecule has 1 N–H and O–H groups in total. The largest absolute Gasteiger partial charge is 0.355 e. The zero-order valence-corrected chi connectivity index (χ0v) is 14.8. The van der Waals surface area contributed by atoms with Gasteiger partial charge in [0.05, 0.1) is 0 Å². The van der Waals surface area contributed by atoms with E-state index >= 15 is 0 Å². The standard InChI is InChI=1S/C20H28N2O2/c1-15(2)12-19(24)22-10-8-20(9-11-22)13-18(23)21-14-17(20)16-6-4-3-5-7-16/h3-7,15,17H,8-14H2,1-2H3,(H,21,23). The summed E-state index contributed by atoms with van der Waals surface area (Å²) in [6.07, 6.45) is 3.04. The highest BCUT2D eigenvalue weighted by atomic mass is 16.2. The Bertz CT molecular complexity index is 589. The normalized spacial score (nSPS) is 23.4. The van der Waals surface area contributed by atoms with Crippen LogP contribution in [0.5, 0.6) is 0 Å². The van der Waals surface area contributed by atoms with Crippen molar-refractivity contribution in [1.29, 1.82) is 0 Å². The molecule has 24 heavy (non-hydrogen) atoms. The summed E-state index contributed by atoms with van der Waals surface area (Å²) in [7, 11) is 0. The van der Waals surface area contributed by atoms with Gasteiger partial charge in [-0.3, -0.25) is 9.59 Å². The fraction of sp³-hybridized carbons (Fsp3) is 0.600. The lowest BCUT2D eigenvalue weighted by Crippen LogP contribution is -2.53. The summed E-state index contributed by atoms with van der Waals surface area (Å²) in [6, 6.07) is 10.5. The van der Waals surface area contributed by atoms with E-state index in [0.717, 1.165) is 25.9 Å². The number of hydrogen-bond acceptors (Lipinski definition) is 2. The molecule has 2 aliphatic rings. The van der Waals surface area contributed by atoms with E-state index in [1.54, 1.807) is 0 Å². The van der Waals surface area contributed by atoms with Crippen molar-refractivity contribution >= 4 is 11.8 Å². The second kappa shape index (κ2) is 6.96. The van der Waals surface area contributed by atoms with Crippen molar-refractivity contribution < 1.29 is 9.59 Å². The van der Waals surface area contributed by atoms with Gasteiger partial charge in [0.1, 0.15) is 0 Å². The van der Waals surface area contributed by atoms with Gasteiger partial charge in [0.2, 0.25) is 11.8 Å². The molecule has 1 unspecified atom stereocenters. The van der Waals surface area contributed by atoms with E-state index in [0.29, 0.717) is 31.2 Å². The first-order chi connectivity index (χ1) is 11.5. The molecule has 130 valence electrons. The number of nitrogens with one attached hydrogen (secondary N) is 1. The number of likely N-dealkylation sites (tertiary alicyclic amines) is 1. The van der Waals surface area contributed by atoms with E-state index in [2.05, 4.69) is 43.4 Å². The van der Waals surface area contributed by atoms with Crippen molar-refractivity contribution in [3.63, 3.8) is 0 Å². The molecule has 2 amide bonds. The Morgan fingerprint density at radius 3 is 2.54 bits per heavy atom. The summed E-state index contributed by atoms with van der Waals surface area (Å²) in [5, 5.41) is 3.04. The maximum Gasteiger partial charge on any atom is 0.222 e. The molecule has 0 aliphatic carbocycles.